The maximum Gasteiger partial charge on any atom is 0.259 e. The molecule has 0 radical (unpaired) electrons. The second-order valence-electron chi connectivity index (χ2n) is 5.71. The van der Waals surface area contributed by atoms with E-state index in [1.54, 1.807) is 36.4 Å². The number of anilines is 1. The Hall–Kier alpha value is -3.45. The van der Waals surface area contributed by atoms with E-state index in [0.717, 1.165) is 5.56 Å². The molecule has 136 valence electrons. The molecule has 27 heavy (non-hydrogen) atoms. The van der Waals surface area contributed by atoms with Crippen molar-refractivity contribution >= 4 is 23.4 Å². The number of aromatic nitrogens is 1. The molecule has 3 N–H and O–H groups in total. The van der Waals surface area contributed by atoms with Crippen LogP contribution in [0.1, 0.15) is 16.1 Å². The Bertz CT molecular complexity index is 1080. The number of nitrogens with zero attached hydrogens (tertiary/aromatic N) is 1. The van der Waals surface area contributed by atoms with Gasteiger partial charge in [0.15, 0.2) is 11.5 Å². The number of nitrogen functional groups attached to an aromatic ring is 1. The fraction of sp³-hybridized carbons (Fsp3) is 0.0526. The second kappa shape index (κ2) is 7.05. The van der Waals surface area contributed by atoms with E-state index in [4.69, 9.17) is 30.7 Å². The summed E-state index contributed by atoms with van der Waals surface area (Å²) < 4.78 is 16.0. The fourth-order valence-corrected chi connectivity index (χ4v) is 2.81. The number of halogens is 1. The van der Waals surface area contributed by atoms with Gasteiger partial charge in [-0.15, -0.1) is 0 Å². The molecule has 0 unspecified atom stereocenters. The van der Waals surface area contributed by atoms with Crippen molar-refractivity contribution in [1.29, 1.82) is 0 Å². The summed E-state index contributed by atoms with van der Waals surface area (Å²) in [7, 11) is 0. The molecule has 4 rings (SSSR count). The van der Waals surface area contributed by atoms with Gasteiger partial charge in [-0.1, -0.05) is 28.9 Å². The van der Waals surface area contributed by atoms with E-state index >= 15 is 0 Å². The van der Waals surface area contributed by atoms with E-state index in [0.29, 0.717) is 22.3 Å². The van der Waals surface area contributed by atoms with Gasteiger partial charge in [-0.2, -0.15) is 0 Å². The van der Waals surface area contributed by atoms with E-state index in [9.17, 15) is 4.79 Å². The van der Waals surface area contributed by atoms with Gasteiger partial charge in [0, 0.05) is 10.6 Å². The van der Waals surface area contributed by atoms with E-state index in [2.05, 4.69) is 10.5 Å². The predicted molar refractivity (Wildman–Crippen MR) is 98.9 cm³/mol. The van der Waals surface area contributed by atoms with Crippen LogP contribution in [-0.4, -0.2) is 11.1 Å². The smallest absolute Gasteiger partial charge is 0.259 e. The number of nitrogens with one attached hydrogen (secondary N) is 1. The standard InChI is InChI=1S/C19H14ClN3O4/c20-12-4-1-3-11(9-12)14-6-7-15(26-14)17-16(18(21)27-23-17)19(24)22-10-13-5-2-8-25-13/h1-9H,10,21H2,(H,22,24). The minimum absolute atomic E-state index is 0.0948. The van der Waals surface area contributed by atoms with Gasteiger partial charge in [-0.05, 0) is 36.4 Å². The van der Waals surface area contributed by atoms with Gasteiger partial charge in [0.2, 0.25) is 5.88 Å². The largest absolute Gasteiger partial charge is 0.467 e. The number of hydrogen-bond donors (Lipinski definition) is 2. The van der Waals surface area contributed by atoms with Crippen molar-refractivity contribution in [2.45, 2.75) is 6.54 Å². The molecule has 0 bridgehead atoms. The molecule has 0 spiro atoms. The molecule has 4 aromatic rings. The Labute approximate surface area is 158 Å². The topological polar surface area (TPSA) is 107 Å². The number of amides is 1. The minimum Gasteiger partial charge on any atom is -0.467 e. The molecule has 7 nitrogen and oxygen atoms in total. The van der Waals surface area contributed by atoms with Crippen molar-refractivity contribution in [2.75, 3.05) is 5.73 Å². The van der Waals surface area contributed by atoms with Crippen LogP contribution in [-0.2, 0) is 6.54 Å². The summed E-state index contributed by atoms with van der Waals surface area (Å²) in [5, 5.41) is 7.18. The number of furan rings is 2. The summed E-state index contributed by atoms with van der Waals surface area (Å²) in [4.78, 5) is 12.5. The molecule has 0 aliphatic heterocycles. The summed E-state index contributed by atoms with van der Waals surface area (Å²) in [6.45, 7) is 0.210. The van der Waals surface area contributed by atoms with Crippen molar-refractivity contribution in [3.8, 4) is 22.8 Å². The first kappa shape index (κ1) is 17.0. The molecule has 0 aliphatic rings. The first-order valence-electron chi connectivity index (χ1n) is 8.03. The van der Waals surface area contributed by atoms with Crippen LogP contribution in [0.3, 0.4) is 0 Å². The predicted octanol–water partition coefficient (Wildman–Crippen LogP) is 4.36. The van der Waals surface area contributed by atoms with Gasteiger partial charge in [-0.3, -0.25) is 4.79 Å². The molecule has 0 fully saturated rings. The Morgan fingerprint density at radius 3 is 2.78 bits per heavy atom. The van der Waals surface area contributed by atoms with Crippen LogP contribution in [0.25, 0.3) is 22.8 Å². The molecular weight excluding hydrogens is 370 g/mol. The van der Waals surface area contributed by atoms with Crippen molar-refractivity contribution in [2.24, 2.45) is 0 Å². The molecule has 0 saturated heterocycles. The van der Waals surface area contributed by atoms with Crippen molar-refractivity contribution < 1.29 is 18.2 Å². The van der Waals surface area contributed by atoms with Crippen LogP contribution in [0.2, 0.25) is 5.02 Å². The van der Waals surface area contributed by atoms with Crippen LogP contribution < -0.4 is 11.1 Å². The molecule has 3 aromatic heterocycles. The van der Waals surface area contributed by atoms with Crippen LogP contribution in [0.4, 0.5) is 5.88 Å². The van der Waals surface area contributed by atoms with Crippen molar-refractivity contribution in [1.82, 2.24) is 10.5 Å². The van der Waals surface area contributed by atoms with Gasteiger partial charge in [0.25, 0.3) is 5.91 Å². The average molecular weight is 384 g/mol. The van der Waals surface area contributed by atoms with Gasteiger partial charge in [-0.25, -0.2) is 0 Å². The third-order valence-electron chi connectivity index (χ3n) is 3.90. The Morgan fingerprint density at radius 1 is 1.15 bits per heavy atom. The maximum atomic E-state index is 12.5. The number of nitrogens with two attached hydrogens (primary N) is 1. The summed E-state index contributed by atoms with van der Waals surface area (Å²) in [5.74, 6) is 1.01. The molecule has 3 heterocycles. The monoisotopic (exact) mass is 383 g/mol. The molecule has 0 atom stereocenters. The lowest BCUT2D eigenvalue weighted by Gasteiger charge is -2.03. The second-order valence-corrected chi connectivity index (χ2v) is 6.14. The molecule has 0 aliphatic carbocycles. The fourth-order valence-electron chi connectivity index (χ4n) is 2.62. The summed E-state index contributed by atoms with van der Waals surface area (Å²) in [6, 6.07) is 14.2. The van der Waals surface area contributed by atoms with Crippen LogP contribution in [0.15, 0.2) is 68.2 Å². The van der Waals surface area contributed by atoms with Crippen LogP contribution in [0, 0.1) is 0 Å². The highest BCUT2D eigenvalue weighted by Crippen LogP contribution is 2.32. The zero-order valence-corrected chi connectivity index (χ0v) is 14.7. The first-order chi connectivity index (χ1) is 13.1. The van der Waals surface area contributed by atoms with Crippen molar-refractivity contribution in [3.05, 3.63) is 71.1 Å². The van der Waals surface area contributed by atoms with E-state index < -0.39 is 5.91 Å². The summed E-state index contributed by atoms with van der Waals surface area (Å²) >= 11 is 6.02. The number of benzene rings is 1. The zero-order valence-electron chi connectivity index (χ0n) is 13.9. The van der Waals surface area contributed by atoms with Gasteiger partial charge < -0.3 is 24.4 Å². The lowest BCUT2D eigenvalue weighted by molar-refractivity contribution is 0.0949. The van der Waals surface area contributed by atoms with Gasteiger partial charge in [0.05, 0.1) is 12.8 Å². The van der Waals surface area contributed by atoms with Gasteiger partial charge >= 0.3 is 0 Å². The third kappa shape index (κ3) is 3.45. The zero-order chi connectivity index (χ0) is 18.8. The normalized spacial score (nSPS) is 10.9. The first-order valence-corrected chi connectivity index (χ1v) is 8.41. The highest BCUT2D eigenvalue weighted by molar-refractivity contribution is 6.30. The van der Waals surface area contributed by atoms with E-state index in [1.807, 2.05) is 12.1 Å². The van der Waals surface area contributed by atoms with Crippen LogP contribution in [0.5, 0.6) is 0 Å². The number of carbonyl (C=O) groups excluding carboxylic acids is 1. The Kier molecular flexibility index (Phi) is 4.43. The maximum absolute atomic E-state index is 12.5. The number of rotatable bonds is 5. The molecule has 8 heteroatoms. The third-order valence-corrected chi connectivity index (χ3v) is 4.13. The van der Waals surface area contributed by atoms with Gasteiger partial charge in [0.1, 0.15) is 17.1 Å². The Morgan fingerprint density at radius 2 is 2.00 bits per heavy atom. The summed E-state index contributed by atoms with van der Waals surface area (Å²) in [6.07, 6.45) is 1.53. The minimum atomic E-state index is -0.444. The lowest BCUT2D eigenvalue weighted by atomic mass is 10.1. The molecule has 0 saturated carbocycles. The molecule has 1 aromatic carbocycles. The van der Waals surface area contributed by atoms with E-state index in [1.165, 1.54) is 6.26 Å². The Balaban J connectivity index is 1.61. The van der Waals surface area contributed by atoms with Crippen molar-refractivity contribution in [3.63, 3.8) is 0 Å². The van der Waals surface area contributed by atoms with Crippen LogP contribution >= 0.6 is 11.6 Å². The highest BCUT2D eigenvalue weighted by Gasteiger charge is 2.25. The average Bonchev–Trinajstić information content (AvgIpc) is 3.40. The molecule has 1 amide bonds. The lowest BCUT2D eigenvalue weighted by Crippen LogP contribution is -2.23. The summed E-state index contributed by atoms with van der Waals surface area (Å²) in [5.41, 5.74) is 6.92. The highest BCUT2D eigenvalue weighted by atomic mass is 35.5. The quantitative estimate of drug-likeness (QED) is 0.530. The SMILES string of the molecule is Nc1onc(-c2ccc(-c3cccc(Cl)c3)o2)c1C(=O)NCc1ccco1. The van der Waals surface area contributed by atoms with E-state index in [-0.39, 0.29) is 23.7 Å². The number of carbonyl (C=O) groups is 1. The number of hydrogen-bond acceptors (Lipinski definition) is 6. The molecular formula is C19H14ClN3O4.